The second kappa shape index (κ2) is 5.81. The Hall–Kier alpha value is -2.59. The highest BCUT2D eigenvalue weighted by atomic mass is 79.9. The maximum atomic E-state index is 5.38. The van der Waals surface area contributed by atoms with E-state index < -0.39 is 0 Å². The van der Waals surface area contributed by atoms with Crippen LogP contribution in [0.2, 0.25) is 0 Å². The molecule has 0 saturated heterocycles. The van der Waals surface area contributed by atoms with E-state index in [1.165, 1.54) is 17.3 Å². The molecule has 0 amide bonds. The Morgan fingerprint density at radius 1 is 1.10 bits per heavy atom. The number of nitrogen functional groups attached to an aromatic ring is 1. The Kier molecular flexibility index (Phi) is 3.71. The first kappa shape index (κ1) is 13.4. The van der Waals surface area contributed by atoms with Gasteiger partial charge in [-0.25, -0.2) is 10.8 Å². The molecule has 2 aromatic heterocycles. The summed E-state index contributed by atoms with van der Waals surface area (Å²) in [6.45, 7) is 0. The monoisotopic (exact) mass is 347 g/mol. The van der Waals surface area contributed by atoms with E-state index in [9.17, 15) is 0 Å². The molecule has 21 heavy (non-hydrogen) atoms. The number of hydrazine groups is 1. The van der Waals surface area contributed by atoms with E-state index in [0.29, 0.717) is 11.9 Å². The van der Waals surface area contributed by atoms with Crippen LogP contribution in [0, 0.1) is 0 Å². The van der Waals surface area contributed by atoms with E-state index in [4.69, 9.17) is 5.84 Å². The SMILES string of the molecule is NNc1nc(Nc2ccccc2Br)nc(-n2cncn2)n1. The predicted octanol–water partition coefficient (Wildman–Crippen LogP) is 1.24. The van der Waals surface area contributed by atoms with Crippen LogP contribution < -0.4 is 16.6 Å². The lowest BCUT2D eigenvalue weighted by atomic mass is 10.3. The Balaban J connectivity index is 1.99. The zero-order valence-corrected chi connectivity index (χ0v) is 12.2. The lowest BCUT2D eigenvalue weighted by molar-refractivity contribution is 0.797. The third-order valence-electron chi connectivity index (χ3n) is 2.50. The minimum Gasteiger partial charge on any atom is -0.323 e. The summed E-state index contributed by atoms with van der Waals surface area (Å²) in [7, 11) is 0. The van der Waals surface area contributed by atoms with Crippen molar-refractivity contribution in [2.75, 3.05) is 10.7 Å². The number of nitrogens with one attached hydrogen (secondary N) is 2. The van der Waals surface area contributed by atoms with E-state index in [1.807, 2.05) is 24.3 Å². The van der Waals surface area contributed by atoms with Crippen LogP contribution in [-0.4, -0.2) is 29.7 Å². The van der Waals surface area contributed by atoms with E-state index in [2.05, 4.69) is 51.7 Å². The molecule has 4 N–H and O–H groups in total. The number of rotatable bonds is 4. The molecule has 0 aliphatic rings. The molecule has 106 valence electrons. The van der Waals surface area contributed by atoms with Crippen molar-refractivity contribution in [1.29, 1.82) is 0 Å². The molecule has 9 nitrogen and oxygen atoms in total. The van der Waals surface area contributed by atoms with E-state index >= 15 is 0 Å². The number of nitrogens with zero attached hydrogens (tertiary/aromatic N) is 6. The van der Waals surface area contributed by atoms with Gasteiger partial charge in [0.25, 0.3) is 5.95 Å². The fourth-order valence-corrected chi connectivity index (χ4v) is 1.97. The van der Waals surface area contributed by atoms with Gasteiger partial charge in [-0.15, -0.1) is 0 Å². The Labute approximate surface area is 127 Å². The molecular formula is C11H10BrN9. The standard InChI is InChI=1S/C11H10BrN9/c12-7-3-1-2-4-8(7)16-9-17-10(20-13)19-11(18-9)21-6-14-5-15-21/h1-6H,13H2,(H2,16,17,18,19,20). The normalized spacial score (nSPS) is 10.4. The quantitative estimate of drug-likeness (QED) is 0.476. The Bertz CT molecular complexity index is 743. The minimum absolute atomic E-state index is 0.213. The minimum atomic E-state index is 0.213. The largest absolute Gasteiger partial charge is 0.323 e. The van der Waals surface area contributed by atoms with Crippen LogP contribution in [0.15, 0.2) is 41.4 Å². The first-order valence-corrected chi connectivity index (χ1v) is 6.65. The third kappa shape index (κ3) is 2.95. The number of para-hydroxylation sites is 1. The zero-order valence-electron chi connectivity index (χ0n) is 10.6. The summed E-state index contributed by atoms with van der Waals surface area (Å²) in [5, 5.41) is 7.06. The van der Waals surface area contributed by atoms with Gasteiger partial charge in [0, 0.05) is 4.47 Å². The highest BCUT2D eigenvalue weighted by Crippen LogP contribution is 2.24. The van der Waals surface area contributed by atoms with Crippen molar-refractivity contribution in [3.05, 3.63) is 41.4 Å². The number of anilines is 3. The molecule has 0 spiro atoms. The molecule has 0 saturated carbocycles. The molecule has 0 radical (unpaired) electrons. The Morgan fingerprint density at radius 3 is 2.62 bits per heavy atom. The maximum Gasteiger partial charge on any atom is 0.258 e. The molecule has 0 aliphatic heterocycles. The summed E-state index contributed by atoms with van der Waals surface area (Å²) >= 11 is 3.45. The maximum absolute atomic E-state index is 5.38. The van der Waals surface area contributed by atoms with E-state index in [1.54, 1.807) is 0 Å². The van der Waals surface area contributed by atoms with Gasteiger partial charge >= 0.3 is 0 Å². The highest BCUT2D eigenvalue weighted by molar-refractivity contribution is 9.10. The summed E-state index contributed by atoms with van der Waals surface area (Å²) in [6.07, 6.45) is 2.87. The van der Waals surface area contributed by atoms with Crippen LogP contribution in [0.25, 0.3) is 5.95 Å². The second-order valence-electron chi connectivity index (χ2n) is 3.87. The number of aromatic nitrogens is 6. The molecule has 3 rings (SSSR count). The van der Waals surface area contributed by atoms with Crippen molar-refractivity contribution in [1.82, 2.24) is 29.7 Å². The first-order chi connectivity index (χ1) is 10.3. The van der Waals surface area contributed by atoms with Gasteiger partial charge in [0.15, 0.2) is 0 Å². The van der Waals surface area contributed by atoms with Gasteiger partial charge in [-0.05, 0) is 28.1 Å². The molecule has 0 fully saturated rings. The highest BCUT2D eigenvalue weighted by Gasteiger charge is 2.09. The summed E-state index contributed by atoms with van der Waals surface area (Å²) in [5.74, 6) is 6.22. The third-order valence-corrected chi connectivity index (χ3v) is 3.19. The van der Waals surface area contributed by atoms with Gasteiger partial charge in [0.1, 0.15) is 12.7 Å². The molecule has 2 heterocycles. The van der Waals surface area contributed by atoms with Gasteiger partial charge < -0.3 is 5.32 Å². The van der Waals surface area contributed by atoms with Crippen molar-refractivity contribution in [3.63, 3.8) is 0 Å². The molecule has 0 unspecified atom stereocenters. The van der Waals surface area contributed by atoms with E-state index in [0.717, 1.165) is 10.2 Å². The molecule has 3 aromatic rings. The molecule has 1 aromatic carbocycles. The lowest BCUT2D eigenvalue weighted by Gasteiger charge is -2.09. The number of hydrogen-bond donors (Lipinski definition) is 3. The van der Waals surface area contributed by atoms with Crippen molar-refractivity contribution in [2.24, 2.45) is 5.84 Å². The van der Waals surface area contributed by atoms with Crippen LogP contribution in [-0.2, 0) is 0 Å². The van der Waals surface area contributed by atoms with Crippen molar-refractivity contribution in [2.45, 2.75) is 0 Å². The molecular weight excluding hydrogens is 338 g/mol. The average Bonchev–Trinajstić information content (AvgIpc) is 3.04. The van der Waals surface area contributed by atoms with Gasteiger partial charge in [-0.1, -0.05) is 12.1 Å². The molecule has 0 aliphatic carbocycles. The summed E-state index contributed by atoms with van der Waals surface area (Å²) < 4.78 is 2.29. The molecule has 0 atom stereocenters. The Morgan fingerprint density at radius 2 is 1.90 bits per heavy atom. The van der Waals surface area contributed by atoms with E-state index in [-0.39, 0.29) is 5.95 Å². The van der Waals surface area contributed by atoms with Crippen LogP contribution in [0.4, 0.5) is 17.6 Å². The van der Waals surface area contributed by atoms with Gasteiger partial charge in [0.2, 0.25) is 11.9 Å². The topological polar surface area (TPSA) is 119 Å². The zero-order chi connectivity index (χ0) is 14.7. The summed E-state index contributed by atoms with van der Waals surface area (Å²) in [5.41, 5.74) is 3.21. The van der Waals surface area contributed by atoms with Gasteiger partial charge in [-0.3, -0.25) is 5.43 Å². The number of nitrogens with two attached hydrogens (primary N) is 1. The van der Waals surface area contributed by atoms with Crippen LogP contribution in [0.1, 0.15) is 0 Å². The van der Waals surface area contributed by atoms with Crippen molar-refractivity contribution in [3.8, 4) is 5.95 Å². The first-order valence-electron chi connectivity index (χ1n) is 5.85. The lowest BCUT2D eigenvalue weighted by Crippen LogP contribution is -2.15. The second-order valence-corrected chi connectivity index (χ2v) is 4.73. The molecule has 10 heteroatoms. The van der Waals surface area contributed by atoms with Crippen LogP contribution >= 0.6 is 15.9 Å². The number of benzene rings is 1. The fraction of sp³-hybridized carbons (Fsp3) is 0. The summed E-state index contributed by atoms with van der Waals surface area (Å²) in [4.78, 5) is 16.4. The molecule has 0 bridgehead atoms. The fourth-order valence-electron chi connectivity index (χ4n) is 1.58. The van der Waals surface area contributed by atoms with Crippen LogP contribution in [0.3, 0.4) is 0 Å². The van der Waals surface area contributed by atoms with Gasteiger partial charge in [-0.2, -0.15) is 24.7 Å². The van der Waals surface area contributed by atoms with Crippen molar-refractivity contribution >= 4 is 33.5 Å². The number of hydrogen-bond acceptors (Lipinski definition) is 8. The van der Waals surface area contributed by atoms with Gasteiger partial charge in [0.05, 0.1) is 5.69 Å². The predicted molar refractivity (Wildman–Crippen MR) is 80.0 cm³/mol. The van der Waals surface area contributed by atoms with Crippen molar-refractivity contribution < 1.29 is 0 Å². The average molecular weight is 348 g/mol. The summed E-state index contributed by atoms with van der Waals surface area (Å²) in [6, 6.07) is 7.60. The van der Waals surface area contributed by atoms with Crippen LogP contribution in [0.5, 0.6) is 0 Å². The smallest absolute Gasteiger partial charge is 0.258 e. The number of halogens is 1.